The monoisotopic (exact) mass is 241 g/mol. The molecule has 0 saturated carbocycles. The van der Waals surface area contributed by atoms with E-state index >= 15 is 0 Å². The van der Waals surface area contributed by atoms with Gasteiger partial charge in [0, 0.05) is 12.6 Å². The van der Waals surface area contributed by atoms with Crippen LogP contribution in [0.4, 0.5) is 0 Å². The van der Waals surface area contributed by atoms with Gasteiger partial charge in [0.1, 0.15) is 0 Å². The predicted molar refractivity (Wildman–Crippen MR) is 70.8 cm³/mol. The average molecular weight is 241 g/mol. The molecule has 0 bridgehead atoms. The van der Waals surface area contributed by atoms with Crippen molar-refractivity contribution < 1.29 is 5.11 Å². The maximum absolute atomic E-state index is 10.3. The Balaban J connectivity index is 2.55. The van der Waals surface area contributed by atoms with Gasteiger partial charge in [-0.25, -0.2) is 0 Å². The second kappa shape index (κ2) is 4.86. The van der Waals surface area contributed by atoms with Crippen molar-refractivity contribution in [1.29, 1.82) is 0 Å². The van der Waals surface area contributed by atoms with Crippen molar-refractivity contribution in [2.24, 2.45) is 5.41 Å². The van der Waals surface area contributed by atoms with Gasteiger partial charge >= 0.3 is 0 Å². The molecule has 1 rings (SSSR count). The van der Waals surface area contributed by atoms with E-state index in [0.29, 0.717) is 12.6 Å². The van der Waals surface area contributed by atoms with E-state index in [1.54, 1.807) is 11.3 Å². The van der Waals surface area contributed by atoms with Gasteiger partial charge in [0.25, 0.3) is 0 Å². The summed E-state index contributed by atoms with van der Waals surface area (Å²) in [4.78, 5) is 0. The summed E-state index contributed by atoms with van der Waals surface area (Å²) in [6, 6.07) is 2.35. The molecule has 0 saturated heterocycles. The zero-order chi connectivity index (χ0) is 12.4. The number of thiophene rings is 1. The van der Waals surface area contributed by atoms with E-state index in [1.807, 2.05) is 23.8 Å². The lowest BCUT2D eigenvalue weighted by molar-refractivity contribution is 0.0500. The Morgan fingerprint density at radius 2 is 2.00 bits per heavy atom. The summed E-state index contributed by atoms with van der Waals surface area (Å²) in [5.74, 6) is 0. The summed E-state index contributed by atoms with van der Waals surface area (Å²) in [6.07, 6.45) is 0. The smallest absolute Gasteiger partial charge is 0.1000 e. The summed E-state index contributed by atoms with van der Waals surface area (Å²) < 4.78 is 0. The van der Waals surface area contributed by atoms with Crippen molar-refractivity contribution in [3.63, 3.8) is 0 Å². The Labute approximate surface area is 103 Å². The zero-order valence-electron chi connectivity index (χ0n) is 10.9. The van der Waals surface area contributed by atoms with E-state index < -0.39 is 5.60 Å². The number of hydrogen-bond donors (Lipinski definition) is 2. The van der Waals surface area contributed by atoms with E-state index in [4.69, 9.17) is 0 Å². The van der Waals surface area contributed by atoms with Crippen LogP contribution in [0.5, 0.6) is 0 Å². The normalized spacial score (nSPS) is 18.1. The lowest BCUT2D eigenvalue weighted by atomic mass is 9.87. The molecule has 0 aliphatic carbocycles. The van der Waals surface area contributed by atoms with Crippen molar-refractivity contribution >= 4 is 11.3 Å². The highest BCUT2D eigenvalue weighted by molar-refractivity contribution is 7.08. The third kappa shape index (κ3) is 3.58. The van der Waals surface area contributed by atoms with Crippen LogP contribution in [0.15, 0.2) is 16.8 Å². The van der Waals surface area contributed by atoms with Crippen LogP contribution in [-0.4, -0.2) is 17.7 Å². The van der Waals surface area contributed by atoms with Crippen LogP contribution in [-0.2, 0) is 5.60 Å². The fourth-order valence-corrected chi connectivity index (χ4v) is 2.11. The minimum absolute atomic E-state index is 0.213. The Morgan fingerprint density at radius 3 is 2.44 bits per heavy atom. The molecule has 0 aromatic carbocycles. The maximum atomic E-state index is 10.3. The quantitative estimate of drug-likeness (QED) is 0.849. The largest absolute Gasteiger partial charge is 0.384 e. The van der Waals surface area contributed by atoms with Gasteiger partial charge in [0.2, 0.25) is 0 Å². The van der Waals surface area contributed by atoms with Gasteiger partial charge in [-0.1, -0.05) is 20.8 Å². The molecule has 0 fully saturated rings. The number of nitrogens with one attached hydrogen (secondary N) is 1. The van der Waals surface area contributed by atoms with Crippen molar-refractivity contribution in [2.75, 3.05) is 6.54 Å². The summed E-state index contributed by atoms with van der Waals surface area (Å²) in [5.41, 5.74) is 0.427. The highest BCUT2D eigenvalue weighted by atomic mass is 32.1. The number of hydrogen-bond acceptors (Lipinski definition) is 3. The van der Waals surface area contributed by atoms with Crippen molar-refractivity contribution in [1.82, 2.24) is 5.32 Å². The molecular weight excluding hydrogens is 218 g/mol. The van der Waals surface area contributed by atoms with Crippen LogP contribution in [0.2, 0.25) is 0 Å². The van der Waals surface area contributed by atoms with Crippen LogP contribution in [0.25, 0.3) is 0 Å². The van der Waals surface area contributed by atoms with Gasteiger partial charge in [-0.2, -0.15) is 11.3 Å². The minimum atomic E-state index is -0.778. The molecule has 92 valence electrons. The van der Waals surface area contributed by atoms with Crippen LogP contribution >= 0.6 is 11.3 Å². The van der Waals surface area contributed by atoms with Gasteiger partial charge < -0.3 is 10.4 Å². The highest BCUT2D eigenvalue weighted by Gasteiger charge is 2.26. The highest BCUT2D eigenvalue weighted by Crippen LogP contribution is 2.24. The molecule has 2 unspecified atom stereocenters. The van der Waals surface area contributed by atoms with Crippen molar-refractivity contribution in [2.45, 2.75) is 46.3 Å². The Bertz CT molecular complexity index is 311. The average Bonchev–Trinajstić information content (AvgIpc) is 2.65. The molecule has 0 aliphatic rings. The molecule has 1 heterocycles. The first-order chi connectivity index (χ1) is 7.23. The first kappa shape index (κ1) is 13.7. The van der Waals surface area contributed by atoms with Crippen LogP contribution in [0.1, 0.15) is 40.2 Å². The molecule has 3 heteroatoms. The lowest BCUT2D eigenvalue weighted by Gasteiger charge is -2.32. The molecule has 0 aliphatic heterocycles. The summed E-state index contributed by atoms with van der Waals surface area (Å²) >= 11 is 1.62. The Kier molecular flexibility index (Phi) is 4.16. The SMILES string of the molecule is CC(NCC(C)(O)c1ccsc1)C(C)(C)C. The van der Waals surface area contributed by atoms with Crippen molar-refractivity contribution in [3.05, 3.63) is 22.4 Å². The fourth-order valence-electron chi connectivity index (χ4n) is 1.33. The lowest BCUT2D eigenvalue weighted by Crippen LogP contribution is -2.44. The van der Waals surface area contributed by atoms with Gasteiger partial charge in [0.15, 0.2) is 0 Å². The van der Waals surface area contributed by atoms with E-state index in [0.717, 1.165) is 5.56 Å². The second-order valence-corrected chi connectivity index (χ2v) is 6.53. The van der Waals surface area contributed by atoms with Gasteiger partial charge in [0.05, 0.1) is 5.60 Å². The molecule has 16 heavy (non-hydrogen) atoms. The summed E-state index contributed by atoms with van der Waals surface area (Å²) in [5, 5.41) is 17.7. The van der Waals surface area contributed by atoms with Gasteiger partial charge in [-0.05, 0) is 41.7 Å². The van der Waals surface area contributed by atoms with Gasteiger partial charge in [-0.15, -0.1) is 0 Å². The second-order valence-electron chi connectivity index (χ2n) is 5.75. The molecule has 2 atom stereocenters. The molecule has 1 aromatic heterocycles. The molecule has 2 N–H and O–H groups in total. The van der Waals surface area contributed by atoms with E-state index in [-0.39, 0.29) is 5.41 Å². The fraction of sp³-hybridized carbons (Fsp3) is 0.692. The Hall–Kier alpha value is -0.380. The standard InChI is InChI=1S/C13H23NOS/c1-10(12(2,3)4)14-9-13(5,15)11-6-7-16-8-11/h6-8,10,14-15H,9H2,1-5H3. The first-order valence-corrected chi connectivity index (χ1v) is 6.66. The van der Waals surface area contributed by atoms with E-state index in [9.17, 15) is 5.11 Å². The zero-order valence-corrected chi connectivity index (χ0v) is 11.7. The van der Waals surface area contributed by atoms with E-state index in [2.05, 4.69) is 33.0 Å². The van der Waals surface area contributed by atoms with Gasteiger partial charge in [-0.3, -0.25) is 0 Å². The van der Waals surface area contributed by atoms with Crippen LogP contribution in [0, 0.1) is 5.41 Å². The van der Waals surface area contributed by atoms with Crippen molar-refractivity contribution in [3.8, 4) is 0 Å². The van der Waals surface area contributed by atoms with Crippen LogP contribution in [0.3, 0.4) is 0 Å². The Morgan fingerprint density at radius 1 is 1.38 bits per heavy atom. The molecule has 2 nitrogen and oxygen atoms in total. The summed E-state index contributed by atoms with van der Waals surface area (Å²) in [7, 11) is 0. The predicted octanol–water partition coefficient (Wildman–Crippen LogP) is 2.98. The third-order valence-electron chi connectivity index (χ3n) is 3.19. The van der Waals surface area contributed by atoms with Crippen LogP contribution < -0.4 is 5.32 Å². The molecule has 1 aromatic rings. The topological polar surface area (TPSA) is 32.3 Å². The first-order valence-electron chi connectivity index (χ1n) is 5.72. The number of rotatable bonds is 4. The third-order valence-corrected chi connectivity index (χ3v) is 3.88. The number of aliphatic hydroxyl groups is 1. The molecule has 0 spiro atoms. The van der Waals surface area contributed by atoms with E-state index in [1.165, 1.54) is 0 Å². The molecule has 0 amide bonds. The maximum Gasteiger partial charge on any atom is 0.1000 e. The summed E-state index contributed by atoms with van der Waals surface area (Å²) in [6.45, 7) is 11.2. The minimum Gasteiger partial charge on any atom is -0.384 e. The molecule has 0 radical (unpaired) electrons. The molecular formula is C13H23NOS.